The van der Waals surface area contributed by atoms with Crippen LogP contribution in [0.3, 0.4) is 0 Å². The normalized spacial score (nSPS) is 10.3. The lowest BCUT2D eigenvalue weighted by molar-refractivity contribution is 0.0695. The van der Waals surface area contributed by atoms with Crippen molar-refractivity contribution in [2.24, 2.45) is 0 Å². The van der Waals surface area contributed by atoms with Crippen molar-refractivity contribution >= 4 is 5.97 Å². The SMILES string of the molecule is COc1cc(OC)nc(Oc2cccc(-c3ncn[nH]3)c2C(=O)O)n1. The monoisotopic (exact) mass is 343 g/mol. The van der Waals surface area contributed by atoms with Crippen molar-refractivity contribution < 1.29 is 24.1 Å². The van der Waals surface area contributed by atoms with Crippen LogP contribution in [-0.2, 0) is 0 Å². The number of methoxy groups -OCH3 is 2. The number of rotatable bonds is 6. The third kappa shape index (κ3) is 3.32. The lowest BCUT2D eigenvalue weighted by atomic mass is 10.1. The molecule has 0 aliphatic rings. The number of nitrogens with one attached hydrogen (secondary N) is 1. The van der Waals surface area contributed by atoms with E-state index in [1.165, 1.54) is 32.7 Å². The molecular formula is C15H13N5O5. The summed E-state index contributed by atoms with van der Waals surface area (Å²) in [4.78, 5) is 23.8. The number of aromatic carboxylic acids is 1. The number of aromatic amines is 1. The molecule has 25 heavy (non-hydrogen) atoms. The van der Waals surface area contributed by atoms with E-state index in [4.69, 9.17) is 14.2 Å². The standard InChI is InChI=1S/C15H13N5O5/c1-23-10-6-11(24-2)19-15(18-10)25-9-5-3-4-8(12(9)14(21)22)13-16-7-17-20-13/h3-7H,1-2H3,(H,21,22)(H,16,17,20). The molecule has 0 radical (unpaired) electrons. The van der Waals surface area contributed by atoms with Gasteiger partial charge >= 0.3 is 12.0 Å². The summed E-state index contributed by atoms with van der Waals surface area (Å²) in [5.74, 6) is -0.434. The van der Waals surface area contributed by atoms with Gasteiger partial charge in [-0.15, -0.1) is 0 Å². The molecule has 10 heteroatoms. The van der Waals surface area contributed by atoms with Crippen molar-refractivity contribution in [3.63, 3.8) is 0 Å². The Morgan fingerprint density at radius 3 is 2.44 bits per heavy atom. The van der Waals surface area contributed by atoms with Gasteiger partial charge in [-0.3, -0.25) is 5.10 Å². The third-order valence-electron chi connectivity index (χ3n) is 3.19. The highest BCUT2D eigenvalue weighted by Crippen LogP contribution is 2.32. The van der Waals surface area contributed by atoms with Crippen LogP contribution >= 0.6 is 0 Å². The highest BCUT2D eigenvalue weighted by atomic mass is 16.5. The van der Waals surface area contributed by atoms with Crippen molar-refractivity contribution in [1.29, 1.82) is 0 Å². The number of carbonyl (C=O) groups is 1. The molecule has 10 nitrogen and oxygen atoms in total. The topological polar surface area (TPSA) is 132 Å². The number of carboxylic acid groups (broad SMARTS) is 1. The van der Waals surface area contributed by atoms with E-state index in [0.717, 1.165) is 0 Å². The van der Waals surface area contributed by atoms with Gasteiger partial charge in [0.2, 0.25) is 11.8 Å². The Morgan fingerprint density at radius 1 is 1.16 bits per heavy atom. The zero-order chi connectivity index (χ0) is 17.8. The molecular weight excluding hydrogens is 330 g/mol. The minimum absolute atomic E-state index is 0.0386. The molecule has 0 atom stereocenters. The molecule has 3 rings (SSSR count). The molecule has 128 valence electrons. The van der Waals surface area contributed by atoms with E-state index in [1.54, 1.807) is 12.1 Å². The zero-order valence-corrected chi connectivity index (χ0v) is 13.3. The average Bonchev–Trinajstić information content (AvgIpc) is 3.15. The van der Waals surface area contributed by atoms with E-state index in [-0.39, 0.29) is 29.1 Å². The van der Waals surface area contributed by atoms with Crippen LogP contribution in [0.5, 0.6) is 23.5 Å². The van der Waals surface area contributed by atoms with Crippen LogP contribution in [0.2, 0.25) is 0 Å². The summed E-state index contributed by atoms with van der Waals surface area (Å²) in [6.07, 6.45) is 1.28. The fourth-order valence-corrected chi connectivity index (χ4v) is 2.11. The van der Waals surface area contributed by atoms with E-state index in [9.17, 15) is 9.90 Å². The van der Waals surface area contributed by atoms with Gasteiger partial charge in [0.15, 0.2) is 5.82 Å². The number of ether oxygens (including phenoxy) is 3. The number of carboxylic acids is 1. The quantitative estimate of drug-likeness (QED) is 0.687. The lowest BCUT2D eigenvalue weighted by Gasteiger charge is -2.11. The van der Waals surface area contributed by atoms with Crippen molar-refractivity contribution in [2.45, 2.75) is 0 Å². The second-order valence-electron chi connectivity index (χ2n) is 4.66. The van der Waals surface area contributed by atoms with E-state index in [2.05, 4.69) is 25.1 Å². The first-order chi connectivity index (χ1) is 12.1. The summed E-state index contributed by atoms with van der Waals surface area (Å²) in [5.41, 5.74) is 0.210. The predicted molar refractivity (Wildman–Crippen MR) is 84.0 cm³/mol. The van der Waals surface area contributed by atoms with Gasteiger partial charge in [-0.05, 0) is 6.07 Å². The van der Waals surface area contributed by atoms with Crippen LogP contribution in [0.1, 0.15) is 10.4 Å². The van der Waals surface area contributed by atoms with Gasteiger partial charge in [-0.1, -0.05) is 12.1 Å². The van der Waals surface area contributed by atoms with E-state index < -0.39 is 5.97 Å². The Hall–Kier alpha value is -3.69. The van der Waals surface area contributed by atoms with Crippen molar-refractivity contribution in [3.05, 3.63) is 36.2 Å². The summed E-state index contributed by atoms with van der Waals surface area (Å²) >= 11 is 0. The maximum absolute atomic E-state index is 11.7. The van der Waals surface area contributed by atoms with Crippen LogP contribution in [0.15, 0.2) is 30.6 Å². The molecule has 0 unspecified atom stereocenters. The Balaban J connectivity index is 2.06. The Labute approximate surface area is 141 Å². The predicted octanol–water partition coefficient (Wildman–Crippen LogP) is 1.77. The molecule has 2 N–H and O–H groups in total. The van der Waals surface area contributed by atoms with Crippen LogP contribution in [0.25, 0.3) is 11.4 Å². The molecule has 3 aromatic rings. The number of hydrogen-bond acceptors (Lipinski definition) is 8. The molecule has 0 bridgehead atoms. The van der Waals surface area contributed by atoms with Gasteiger partial charge in [0.05, 0.1) is 20.3 Å². The summed E-state index contributed by atoms with van der Waals surface area (Å²) < 4.78 is 15.7. The number of nitrogens with zero attached hydrogens (tertiary/aromatic N) is 4. The first-order valence-corrected chi connectivity index (χ1v) is 6.99. The Bertz CT molecular complexity index is 875. The minimum atomic E-state index is -1.20. The molecule has 0 aliphatic heterocycles. The first kappa shape index (κ1) is 16.2. The highest BCUT2D eigenvalue weighted by Gasteiger charge is 2.21. The van der Waals surface area contributed by atoms with Crippen LogP contribution in [-0.4, -0.2) is 50.4 Å². The van der Waals surface area contributed by atoms with Crippen LogP contribution < -0.4 is 14.2 Å². The van der Waals surface area contributed by atoms with E-state index in [1.807, 2.05) is 0 Å². The number of benzene rings is 1. The largest absolute Gasteiger partial charge is 0.481 e. The van der Waals surface area contributed by atoms with Crippen LogP contribution in [0, 0.1) is 0 Å². The van der Waals surface area contributed by atoms with Gasteiger partial charge in [0, 0.05) is 5.56 Å². The maximum atomic E-state index is 11.7. The number of aromatic nitrogens is 5. The fraction of sp³-hybridized carbons (Fsp3) is 0.133. The minimum Gasteiger partial charge on any atom is -0.481 e. The van der Waals surface area contributed by atoms with E-state index in [0.29, 0.717) is 11.4 Å². The van der Waals surface area contributed by atoms with Gasteiger partial charge in [-0.2, -0.15) is 15.1 Å². The van der Waals surface area contributed by atoms with Crippen molar-refractivity contribution in [2.75, 3.05) is 14.2 Å². The second kappa shape index (κ2) is 6.83. The van der Waals surface area contributed by atoms with Gasteiger partial charge in [0.25, 0.3) is 0 Å². The fourth-order valence-electron chi connectivity index (χ4n) is 2.11. The van der Waals surface area contributed by atoms with Gasteiger partial charge < -0.3 is 19.3 Å². The average molecular weight is 343 g/mol. The first-order valence-electron chi connectivity index (χ1n) is 6.99. The highest BCUT2D eigenvalue weighted by molar-refractivity contribution is 5.98. The van der Waals surface area contributed by atoms with Crippen molar-refractivity contribution in [1.82, 2.24) is 25.1 Å². The zero-order valence-electron chi connectivity index (χ0n) is 13.3. The molecule has 0 fully saturated rings. The molecule has 0 aliphatic carbocycles. The Kier molecular flexibility index (Phi) is 4.42. The maximum Gasteiger partial charge on any atom is 0.340 e. The number of H-pyrrole nitrogens is 1. The number of hydrogen-bond donors (Lipinski definition) is 2. The lowest BCUT2D eigenvalue weighted by Crippen LogP contribution is -2.05. The second-order valence-corrected chi connectivity index (χ2v) is 4.66. The molecule has 2 aromatic heterocycles. The molecule has 0 saturated heterocycles. The van der Waals surface area contributed by atoms with Gasteiger partial charge in [-0.25, -0.2) is 9.78 Å². The Morgan fingerprint density at radius 2 is 1.88 bits per heavy atom. The smallest absolute Gasteiger partial charge is 0.340 e. The molecule has 0 amide bonds. The summed E-state index contributed by atoms with van der Waals surface area (Å²) in [6, 6.07) is 6.04. The summed E-state index contributed by atoms with van der Waals surface area (Å²) in [6.45, 7) is 0. The van der Waals surface area contributed by atoms with Crippen LogP contribution in [0.4, 0.5) is 0 Å². The summed E-state index contributed by atoms with van der Waals surface area (Å²) in [5, 5.41) is 15.9. The van der Waals surface area contributed by atoms with E-state index >= 15 is 0 Å². The molecule has 0 saturated carbocycles. The molecule has 0 spiro atoms. The van der Waals surface area contributed by atoms with Crippen molar-refractivity contribution in [3.8, 4) is 34.9 Å². The molecule has 2 heterocycles. The third-order valence-corrected chi connectivity index (χ3v) is 3.19. The summed E-state index contributed by atoms with van der Waals surface area (Å²) in [7, 11) is 2.86. The molecule has 1 aromatic carbocycles. The van der Waals surface area contributed by atoms with Gasteiger partial charge in [0.1, 0.15) is 17.6 Å².